The summed E-state index contributed by atoms with van der Waals surface area (Å²) in [6.07, 6.45) is 2.01. The highest BCUT2D eigenvalue weighted by Gasteiger charge is 2.29. The number of aliphatic hydroxyl groups excluding tert-OH is 1. The summed E-state index contributed by atoms with van der Waals surface area (Å²) in [6, 6.07) is 10.1. The molecule has 2 rings (SSSR count). The zero-order chi connectivity index (χ0) is 12.1. The van der Waals surface area contributed by atoms with Crippen LogP contribution in [-0.4, -0.2) is 30.0 Å². The molecule has 3 nitrogen and oxygen atoms in total. The number of benzene rings is 1. The zero-order valence-electron chi connectivity index (χ0n) is 10.2. The van der Waals surface area contributed by atoms with Crippen LogP contribution >= 0.6 is 0 Å². The van der Waals surface area contributed by atoms with Crippen molar-refractivity contribution in [3.05, 3.63) is 35.9 Å². The lowest BCUT2D eigenvalue weighted by Crippen LogP contribution is -2.41. The number of hydrogen-bond acceptors (Lipinski definition) is 3. The molecule has 3 heteroatoms. The van der Waals surface area contributed by atoms with Gasteiger partial charge in [0.1, 0.15) is 6.10 Å². The number of aliphatic hydroxyl groups is 1. The summed E-state index contributed by atoms with van der Waals surface area (Å²) in [5, 5.41) is 9.27. The van der Waals surface area contributed by atoms with Crippen molar-refractivity contribution in [2.45, 2.75) is 44.7 Å². The zero-order valence-corrected chi connectivity index (χ0v) is 10.2. The first-order valence-corrected chi connectivity index (χ1v) is 6.21. The molecule has 1 heterocycles. The van der Waals surface area contributed by atoms with E-state index in [1.807, 2.05) is 37.3 Å². The Labute approximate surface area is 102 Å². The molecular formula is C14H20O3. The summed E-state index contributed by atoms with van der Waals surface area (Å²) < 4.78 is 11.5. The molecule has 0 aromatic heterocycles. The first-order valence-electron chi connectivity index (χ1n) is 6.21. The Bertz CT molecular complexity index is 325. The van der Waals surface area contributed by atoms with E-state index in [9.17, 15) is 5.11 Å². The molecule has 0 saturated carbocycles. The Morgan fingerprint density at radius 2 is 2.06 bits per heavy atom. The summed E-state index contributed by atoms with van der Waals surface area (Å²) >= 11 is 0. The van der Waals surface area contributed by atoms with Crippen LogP contribution in [0.3, 0.4) is 0 Å². The predicted molar refractivity (Wildman–Crippen MR) is 65.7 cm³/mol. The Balaban J connectivity index is 1.85. The maximum Gasteiger partial charge on any atom is 0.107 e. The van der Waals surface area contributed by atoms with E-state index in [-0.39, 0.29) is 24.9 Å². The number of hydrogen-bond donors (Lipinski definition) is 1. The summed E-state index contributed by atoms with van der Waals surface area (Å²) in [6.45, 7) is 2.65. The first kappa shape index (κ1) is 12.6. The molecule has 94 valence electrons. The van der Waals surface area contributed by atoms with Gasteiger partial charge in [0.2, 0.25) is 0 Å². The maximum absolute atomic E-state index is 9.27. The molecule has 0 aliphatic carbocycles. The van der Waals surface area contributed by atoms with Gasteiger partial charge in [0, 0.05) is 0 Å². The van der Waals surface area contributed by atoms with Crippen molar-refractivity contribution in [2.24, 2.45) is 0 Å². The lowest BCUT2D eigenvalue weighted by Gasteiger charge is -2.34. The van der Waals surface area contributed by atoms with Crippen molar-refractivity contribution in [1.82, 2.24) is 0 Å². The van der Waals surface area contributed by atoms with Crippen molar-refractivity contribution in [3.63, 3.8) is 0 Å². The predicted octanol–water partition coefficient (Wildman–Crippen LogP) is 2.13. The highest BCUT2D eigenvalue weighted by atomic mass is 16.6. The van der Waals surface area contributed by atoms with Crippen LogP contribution in [0.15, 0.2) is 30.3 Å². The summed E-state index contributed by atoms with van der Waals surface area (Å²) in [5.74, 6) is 0. The van der Waals surface area contributed by atoms with Gasteiger partial charge >= 0.3 is 0 Å². The van der Waals surface area contributed by atoms with E-state index in [4.69, 9.17) is 9.47 Å². The average molecular weight is 236 g/mol. The monoisotopic (exact) mass is 236 g/mol. The fourth-order valence-corrected chi connectivity index (χ4v) is 2.17. The molecule has 1 fully saturated rings. The van der Waals surface area contributed by atoms with Gasteiger partial charge in [-0.1, -0.05) is 30.3 Å². The van der Waals surface area contributed by atoms with Gasteiger partial charge < -0.3 is 14.6 Å². The van der Waals surface area contributed by atoms with Gasteiger partial charge in [-0.2, -0.15) is 0 Å². The van der Waals surface area contributed by atoms with Crippen molar-refractivity contribution in [1.29, 1.82) is 0 Å². The largest absolute Gasteiger partial charge is 0.394 e. The second kappa shape index (κ2) is 6.15. The van der Waals surface area contributed by atoms with Crippen molar-refractivity contribution in [2.75, 3.05) is 6.61 Å². The molecule has 0 spiro atoms. The third kappa shape index (κ3) is 3.53. The molecule has 1 aliphatic rings. The standard InChI is InChI=1S/C14H20O3/c1-11-7-8-13(14(9-15)17-11)16-10-12-5-3-2-4-6-12/h2-6,11,13-15H,7-10H2,1H3/t11-,13+,14-/m1/s1. The molecule has 0 radical (unpaired) electrons. The van der Waals surface area contributed by atoms with Crippen molar-refractivity contribution < 1.29 is 14.6 Å². The van der Waals surface area contributed by atoms with Gasteiger partial charge in [-0.15, -0.1) is 0 Å². The molecule has 0 unspecified atom stereocenters. The molecule has 1 aromatic carbocycles. The quantitative estimate of drug-likeness (QED) is 0.870. The van der Waals surface area contributed by atoms with Crippen LogP contribution in [0.4, 0.5) is 0 Å². The smallest absolute Gasteiger partial charge is 0.107 e. The fourth-order valence-electron chi connectivity index (χ4n) is 2.17. The van der Waals surface area contributed by atoms with Crippen LogP contribution in [0, 0.1) is 0 Å². The Hall–Kier alpha value is -0.900. The summed E-state index contributed by atoms with van der Waals surface area (Å²) in [5.41, 5.74) is 1.16. The minimum absolute atomic E-state index is 0.0106. The van der Waals surface area contributed by atoms with Crippen LogP contribution in [0.1, 0.15) is 25.3 Å². The topological polar surface area (TPSA) is 38.7 Å². The lowest BCUT2D eigenvalue weighted by atomic mass is 10.0. The van der Waals surface area contributed by atoms with Gasteiger partial charge in [-0.25, -0.2) is 0 Å². The minimum atomic E-state index is -0.178. The summed E-state index contributed by atoms with van der Waals surface area (Å²) in [7, 11) is 0. The van der Waals surface area contributed by atoms with Gasteiger partial charge in [0.05, 0.1) is 25.4 Å². The van der Waals surface area contributed by atoms with Crippen molar-refractivity contribution in [3.8, 4) is 0 Å². The van der Waals surface area contributed by atoms with Crippen LogP contribution in [0.25, 0.3) is 0 Å². The van der Waals surface area contributed by atoms with E-state index < -0.39 is 0 Å². The van der Waals surface area contributed by atoms with Gasteiger partial charge in [-0.05, 0) is 25.3 Å². The number of ether oxygens (including phenoxy) is 2. The molecule has 0 bridgehead atoms. The first-order chi connectivity index (χ1) is 8.29. The fraction of sp³-hybridized carbons (Fsp3) is 0.571. The normalized spacial score (nSPS) is 29.2. The van der Waals surface area contributed by atoms with E-state index >= 15 is 0 Å². The molecule has 1 saturated heterocycles. The molecular weight excluding hydrogens is 216 g/mol. The van der Waals surface area contributed by atoms with E-state index in [1.54, 1.807) is 0 Å². The van der Waals surface area contributed by atoms with Crippen LogP contribution < -0.4 is 0 Å². The highest BCUT2D eigenvalue weighted by molar-refractivity contribution is 5.13. The third-order valence-electron chi connectivity index (χ3n) is 3.17. The van der Waals surface area contributed by atoms with Crippen LogP contribution in [-0.2, 0) is 16.1 Å². The van der Waals surface area contributed by atoms with Gasteiger partial charge in [0.15, 0.2) is 0 Å². The van der Waals surface area contributed by atoms with E-state index in [2.05, 4.69) is 0 Å². The van der Waals surface area contributed by atoms with Crippen LogP contribution in [0.2, 0.25) is 0 Å². The highest BCUT2D eigenvalue weighted by Crippen LogP contribution is 2.22. The number of rotatable bonds is 4. The molecule has 1 aliphatic heterocycles. The second-order valence-corrected chi connectivity index (χ2v) is 4.58. The molecule has 17 heavy (non-hydrogen) atoms. The molecule has 1 N–H and O–H groups in total. The Kier molecular flexibility index (Phi) is 4.54. The maximum atomic E-state index is 9.27. The second-order valence-electron chi connectivity index (χ2n) is 4.58. The van der Waals surface area contributed by atoms with Gasteiger partial charge in [0.25, 0.3) is 0 Å². The molecule has 3 atom stereocenters. The molecule has 1 aromatic rings. The van der Waals surface area contributed by atoms with Gasteiger partial charge in [-0.3, -0.25) is 0 Å². The summed E-state index contributed by atoms with van der Waals surface area (Å²) in [4.78, 5) is 0. The average Bonchev–Trinajstić information content (AvgIpc) is 2.38. The molecule has 0 amide bonds. The minimum Gasteiger partial charge on any atom is -0.394 e. The van der Waals surface area contributed by atoms with E-state index in [1.165, 1.54) is 0 Å². The Morgan fingerprint density at radius 3 is 2.76 bits per heavy atom. The van der Waals surface area contributed by atoms with Crippen molar-refractivity contribution >= 4 is 0 Å². The van der Waals surface area contributed by atoms with Crippen LogP contribution in [0.5, 0.6) is 0 Å². The Morgan fingerprint density at radius 1 is 1.29 bits per heavy atom. The SMILES string of the molecule is C[C@@H]1CC[C@H](OCc2ccccc2)[C@@H](CO)O1. The third-order valence-corrected chi connectivity index (χ3v) is 3.17. The lowest BCUT2D eigenvalue weighted by molar-refractivity contribution is -0.152. The van der Waals surface area contributed by atoms with E-state index in [0.29, 0.717) is 6.61 Å². The van der Waals surface area contributed by atoms with E-state index in [0.717, 1.165) is 18.4 Å².